The van der Waals surface area contributed by atoms with Crippen LogP contribution in [0.5, 0.6) is 0 Å². The minimum atomic E-state index is -0.251. The van der Waals surface area contributed by atoms with Crippen LogP contribution in [0.25, 0.3) is 0 Å². The predicted molar refractivity (Wildman–Crippen MR) is 103 cm³/mol. The number of aryl methyl sites for hydroxylation is 1. The predicted octanol–water partition coefficient (Wildman–Crippen LogP) is 1.93. The minimum Gasteiger partial charge on any atom is -0.341 e. The van der Waals surface area contributed by atoms with E-state index in [0.717, 1.165) is 12.0 Å². The maximum absolute atomic E-state index is 12.9. The van der Waals surface area contributed by atoms with Crippen LogP contribution in [0.2, 0.25) is 0 Å². The van der Waals surface area contributed by atoms with Crippen LogP contribution in [0.1, 0.15) is 42.6 Å². The van der Waals surface area contributed by atoms with Crippen LogP contribution in [0.3, 0.4) is 0 Å². The first-order valence-corrected chi connectivity index (χ1v) is 9.81. The number of hydrogen-bond donors (Lipinski definition) is 0. The first-order valence-electron chi connectivity index (χ1n) is 9.81. The van der Waals surface area contributed by atoms with Gasteiger partial charge in [0.25, 0.3) is 5.91 Å². The van der Waals surface area contributed by atoms with E-state index in [4.69, 9.17) is 0 Å². The summed E-state index contributed by atoms with van der Waals surface area (Å²) < 4.78 is 0. The van der Waals surface area contributed by atoms with Crippen molar-refractivity contribution in [3.63, 3.8) is 0 Å². The van der Waals surface area contributed by atoms with E-state index in [9.17, 15) is 14.4 Å². The van der Waals surface area contributed by atoms with E-state index in [1.165, 1.54) is 0 Å². The Balaban J connectivity index is 1.61. The Bertz CT molecular complexity index is 731. The summed E-state index contributed by atoms with van der Waals surface area (Å²) in [6.07, 6.45) is 1.07. The highest BCUT2D eigenvalue weighted by atomic mass is 16.2. The summed E-state index contributed by atoms with van der Waals surface area (Å²) in [6.45, 7) is 8.80. The fraction of sp³-hybridized carbons (Fsp3) is 0.571. The van der Waals surface area contributed by atoms with E-state index in [-0.39, 0.29) is 29.7 Å². The topological polar surface area (TPSA) is 60.9 Å². The monoisotopic (exact) mass is 371 g/mol. The second kappa shape index (κ2) is 8.11. The van der Waals surface area contributed by atoms with E-state index >= 15 is 0 Å². The summed E-state index contributed by atoms with van der Waals surface area (Å²) >= 11 is 0. The van der Waals surface area contributed by atoms with E-state index < -0.39 is 0 Å². The molecule has 0 aromatic heterocycles. The molecule has 0 N–H and O–H groups in total. The molecule has 1 atom stereocenters. The smallest absolute Gasteiger partial charge is 0.253 e. The standard InChI is InChI=1S/C21H29N3O3/c1-15(2)24-14-18(13-19(24)25)21(27)23-9-5-8-22(10-11-23)20(26)17-7-4-6-16(3)12-17/h4,6-7,12,15,18H,5,8-11,13-14H2,1-3H3. The van der Waals surface area contributed by atoms with E-state index in [1.54, 1.807) is 4.90 Å². The van der Waals surface area contributed by atoms with Crippen molar-refractivity contribution < 1.29 is 14.4 Å². The van der Waals surface area contributed by atoms with Gasteiger partial charge in [0.2, 0.25) is 11.8 Å². The van der Waals surface area contributed by atoms with Gasteiger partial charge in [0.1, 0.15) is 0 Å². The van der Waals surface area contributed by atoms with Gasteiger partial charge in [0.05, 0.1) is 5.92 Å². The van der Waals surface area contributed by atoms with Gasteiger partial charge in [0.15, 0.2) is 0 Å². The van der Waals surface area contributed by atoms with Crippen LogP contribution in [-0.4, -0.2) is 71.2 Å². The van der Waals surface area contributed by atoms with Crippen molar-refractivity contribution >= 4 is 17.7 Å². The molecule has 0 bridgehead atoms. The van der Waals surface area contributed by atoms with Crippen molar-refractivity contribution in [1.82, 2.24) is 14.7 Å². The lowest BCUT2D eigenvalue weighted by Crippen LogP contribution is -2.41. The summed E-state index contributed by atoms with van der Waals surface area (Å²) in [5, 5.41) is 0. The van der Waals surface area contributed by atoms with Crippen molar-refractivity contribution in [2.24, 2.45) is 5.92 Å². The third-order valence-corrected chi connectivity index (χ3v) is 5.49. The first-order chi connectivity index (χ1) is 12.9. The number of amides is 3. The molecule has 0 spiro atoms. The maximum atomic E-state index is 12.9. The van der Waals surface area contributed by atoms with Gasteiger partial charge in [-0.1, -0.05) is 17.7 Å². The van der Waals surface area contributed by atoms with Gasteiger partial charge in [-0.2, -0.15) is 0 Å². The second-order valence-corrected chi connectivity index (χ2v) is 7.88. The Morgan fingerprint density at radius 2 is 1.78 bits per heavy atom. The quantitative estimate of drug-likeness (QED) is 0.816. The minimum absolute atomic E-state index is 0.0232. The lowest BCUT2D eigenvalue weighted by atomic mass is 10.1. The molecule has 0 radical (unpaired) electrons. The molecule has 2 heterocycles. The Morgan fingerprint density at radius 3 is 2.44 bits per heavy atom. The Kier molecular flexibility index (Phi) is 5.82. The van der Waals surface area contributed by atoms with Gasteiger partial charge in [-0.15, -0.1) is 0 Å². The molecule has 6 heteroatoms. The normalized spacial score (nSPS) is 21.0. The number of carbonyl (C=O) groups excluding carboxylic acids is 3. The largest absolute Gasteiger partial charge is 0.341 e. The molecule has 146 valence electrons. The highest BCUT2D eigenvalue weighted by Gasteiger charge is 2.37. The van der Waals surface area contributed by atoms with Crippen molar-refractivity contribution in [3.05, 3.63) is 35.4 Å². The zero-order valence-corrected chi connectivity index (χ0v) is 16.5. The lowest BCUT2D eigenvalue weighted by Gasteiger charge is -2.25. The third-order valence-electron chi connectivity index (χ3n) is 5.49. The van der Waals surface area contributed by atoms with Crippen LogP contribution < -0.4 is 0 Å². The number of carbonyl (C=O) groups is 3. The van der Waals surface area contributed by atoms with Crippen LogP contribution in [0.4, 0.5) is 0 Å². The first kappa shape index (κ1) is 19.4. The molecule has 0 aliphatic carbocycles. The van der Waals surface area contributed by atoms with Crippen LogP contribution in [-0.2, 0) is 9.59 Å². The Hall–Kier alpha value is -2.37. The lowest BCUT2D eigenvalue weighted by molar-refractivity contribution is -0.135. The number of benzene rings is 1. The average Bonchev–Trinajstić information content (AvgIpc) is 2.87. The van der Waals surface area contributed by atoms with Gasteiger partial charge < -0.3 is 14.7 Å². The molecule has 2 saturated heterocycles. The molecule has 1 aromatic rings. The summed E-state index contributed by atoms with van der Waals surface area (Å²) in [5.74, 6) is -0.111. The number of nitrogens with zero attached hydrogens (tertiary/aromatic N) is 3. The SMILES string of the molecule is Cc1cccc(C(=O)N2CCCN(C(=O)C3CC(=O)N(C(C)C)C3)CC2)c1. The van der Waals surface area contributed by atoms with Crippen LogP contribution >= 0.6 is 0 Å². The van der Waals surface area contributed by atoms with E-state index in [0.29, 0.717) is 44.7 Å². The molecule has 2 aliphatic rings. The summed E-state index contributed by atoms with van der Waals surface area (Å²) in [4.78, 5) is 43.2. The molecule has 2 aliphatic heterocycles. The summed E-state index contributed by atoms with van der Waals surface area (Å²) in [5.41, 5.74) is 1.76. The molecule has 1 unspecified atom stereocenters. The van der Waals surface area contributed by atoms with E-state index in [2.05, 4.69) is 0 Å². The molecular formula is C21H29N3O3. The molecule has 3 rings (SSSR count). The van der Waals surface area contributed by atoms with Crippen molar-refractivity contribution in [1.29, 1.82) is 0 Å². The van der Waals surface area contributed by atoms with Gasteiger partial charge >= 0.3 is 0 Å². The van der Waals surface area contributed by atoms with Crippen LogP contribution in [0, 0.1) is 12.8 Å². The number of likely N-dealkylation sites (tertiary alicyclic amines) is 1. The molecule has 1 aromatic carbocycles. The van der Waals surface area contributed by atoms with Crippen molar-refractivity contribution in [2.45, 2.75) is 39.7 Å². The zero-order chi connectivity index (χ0) is 19.6. The van der Waals surface area contributed by atoms with Crippen molar-refractivity contribution in [2.75, 3.05) is 32.7 Å². The Labute approximate surface area is 161 Å². The molecular weight excluding hydrogens is 342 g/mol. The van der Waals surface area contributed by atoms with Gasteiger partial charge in [-0.25, -0.2) is 0 Å². The second-order valence-electron chi connectivity index (χ2n) is 7.88. The van der Waals surface area contributed by atoms with Gasteiger partial charge in [-0.05, 0) is 39.3 Å². The van der Waals surface area contributed by atoms with Gasteiger partial charge in [-0.3, -0.25) is 14.4 Å². The number of hydrogen-bond acceptors (Lipinski definition) is 3. The highest BCUT2D eigenvalue weighted by molar-refractivity contribution is 5.94. The summed E-state index contributed by atoms with van der Waals surface area (Å²) in [6, 6.07) is 7.74. The fourth-order valence-corrected chi connectivity index (χ4v) is 3.96. The van der Waals surface area contributed by atoms with Crippen molar-refractivity contribution in [3.8, 4) is 0 Å². The fourth-order valence-electron chi connectivity index (χ4n) is 3.96. The van der Waals surface area contributed by atoms with Gasteiger partial charge in [0, 0.05) is 50.7 Å². The molecule has 2 fully saturated rings. The maximum Gasteiger partial charge on any atom is 0.253 e. The highest BCUT2D eigenvalue weighted by Crippen LogP contribution is 2.23. The van der Waals surface area contributed by atoms with Crippen LogP contribution in [0.15, 0.2) is 24.3 Å². The Morgan fingerprint density at radius 1 is 1.07 bits per heavy atom. The summed E-state index contributed by atoms with van der Waals surface area (Å²) in [7, 11) is 0. The molecule has 6 nitrogen and oxygen atoms in total. The molecule has 0 saturated carbocycles. The molecule has 3 amide bonds. The third kappa shape index (κ3) is 4.31. The zero-order valence-electron chi connectivity index (χ0n) is 16.5. The number of rotatable bonds is 3. The molecule has 27 heavy (non-hydrogen) atoms. The average molecular weight is 371 g/mol. The van der Waals surface area contributed by atoms with E-state index in [1.807, 2.05) is 54.8 Å².